The first-order valence-corrected chi connectivity index (χ1v) is 5.06. The van der Waals surface area contributed by atoms with E-state index >= 15 is 0 Å². The molecular weight excluding hydrogens is 178 g/mol. The van der Waals surface area contributed by atoms with Crippen molar-refractivity contribution < 1.29 is 8.42 Å². The number of anilines is 1. The van der Waals surface area contributed by atoms with Crippen molar-refractivity contribution in [3.8, 4) is 0 Å². The van der Waals surface area contributed by atoms with Gasteiger partial charge in [0.1, 0.15) is 12.1 Å². The van der Waals surface area contributed by atoms with Crippen LogP contribution in [-0.4, -0.2) is 24.1 Å². The molecule has 0 radical (unpaired) electrons. The van der Waals surface area contributed by atoms with E-state index < -0.39 is 10.0 Å². The van der Waals surface area contributed by atoms with Gasteiger partial charge in [0.2, 0.25) is 10.0 Å². The van der Waals surface area contributed by atoms with E-state index in [2.05, 4.69) is 14.7 Å². The van der Waals surface area contributed by atoms with Crippen molar-refractivity contribution in [1.29, 1.82) is 0 Å². The van der Waals surface area contributed by atoms with E-state index in [1.807, 2.05) is 0 Å². The van der Waals surface area contributed by atoms with Crippen LogP contribution in [0.2, 0.25) is 0 Å². The lowest BCUT2D eigenvalue weighted by atomic mass is 10.6. The Morgan fingerprint density at radius 3 is 2.83 bits per heavy atom. The van der Waals surface area contributed by atoms with E-state index in [-0.39, 0.29) is 5.75 Å². The molecule has 1 heterocycles. The molecular formula is C6H9N3O2S. The summed E-state index contributed by atoms with van der Waals surface area (Å²) < 4.78 is 24.3. The van der Waals surface area contributed by atoms with Gasteiger partial charge in [0.25, 0.3) is 0 Å². The van der Waals surface area contributed by atoms with Gasteiger partial charge >= 0.3 is 0 Å². The fraction of sp³-hybridized carbons (Fsp3) is 0.333. The molecule has 5 nitrogen and oxygen atoms in total. The second-order valence-corrected chi connectivity index (χ2v) is 4.11. The molecule has 1 N–H and O–H groups in total. The Bertz CT molecular complexity index is 335. The number of hydrogen-bond acceptors (Lipinski definition) is 4. The van der Waals surface area contributed by atoms with E-state index in [0.717, 1.165) is 0 Å². The quantitative estimate of drug-likeness (QED) is 0.735. The lowest BCUT2D eigenvalue weighted by Gasteiger charge is -2.02. The molecule has 0 saturated carbocycles. The summed E-state index contributed by atoms with van der Waals surface area (Å²) in [6.07, 6.45) is 2.76. The van der Waals surface area contributed by atoms with Crippen molar-refractivity contribution >= 4 is 15.8 Å². The summed E-state index contributed by atoms with van der Waals surface area (Å²) in [4.78, 5) is 7.37. The molecule has 0 spiro atoms. The smallest absolute Gasteiger partial charge is 0.233 e. The van der Waals surface area contributed by atoms with Gasteiger partial charge in [0.05, 0.1) is 5.75 Å². The minimum Gasteiger partial charge on any atom is -0.267 e. The molecule has 1 aromatic heterocycles. The van der Waals surface area contributed by atoms with Crippen molar-refractivity contribution in [3.05, 3.63) is 18.6 Å². The van der Waals surface area contributed by atoms with Crippen LogP contribution in [0.15, 0.2) is 18.6 Å². The van der Waals surface area contributed by atoms with Crippen LogP contribution in [0.25, 0.3) is 0 Å². The first kappa shape index (κ1) is 8.92. The normalized spacial score (nSPS) is 11.1. The molecule has 12 heavy (non-hydrogen) atoms. The Kier molecular flexibility index (Phi) is 2.59. The summed E-state index contributed by atoms with van der Waals surface area (Å²) in [5.74, 6) is 0.337. The van der Waals surface area contributed by atoms with E-state index in [1.165, 1.54) is 18.6 Å². The van der Waals surface area contributed by atoms with Gasteiger partial charge < -0.3 is 0 Å². The first-order chi connectivity index (χ1) is 5.64. The van der Waals surface area contributed by atoms with Crippen LogP contribution >= 0.6 is 0 Å². The van der Waals surface area contributed by atoms with Gasteiger partial charge in [0, 0.05) is 6.20 Å². The Morgan fingerprint density at radius 2 is 2.33 bits per heavy atom. The minimum atomic E-state index is -3.21. The highest BCUT2D eigenvalue weighted by molar-refractivity contribution is 7.92. The first-order valence-electron chi connectivity index (χ1n) is 3.40. The fourth-order valence-corrected chi connectivity index (χ4v) is 1.17. The van der Waals surface area contributed by atoms with Crippen LogP contribution in [0, 0.1) is 0 Å². The van der Waals surface area contributed by atoms with Crippen LogP contribution in [0.3, 0.4) is 0 Å². The second-order valence-electron chi connectivity index (χ2n) is 2.10. The predicted molar refractivity (Wildman–Crippen MR) is 45.1 cm³/mol. The number of aromatic nitrogens is 2. The maximum absolute atomic E-state index is 11.0. The van der Waals surface area contributed by atoms with Gasteiger partial charge in [-0.2, -0.15) is 0 Å². The molecule has 6 heteroatoms. The molecule has 0 aliphatic rings. The standard InChI is InChI=1S/C6H9N3O2S/c1-2-12(10,11)9-6-3-4-7-5-8-6/h3-5H,2H2,1H3,(H,7,8,9). The second kappa shape index (κ2) is 3.48. The van der Waals surface area contributed by atoms with Gasteiger partial charge in [-0.05, 0) is 13.0 Å². The van der Waals surface area contributed by atoms with Crippen LogP contribution in [0.4, 0.5) is 5.82 Å². The van der Waals surface area contributed by atoms with Crippen LogP contribution in [-0.2, 0) is 10.0 Å². The lowest BCUT2D eigenvalue weighted by Crippen LogP contribution is -2.15. The predicted octanol–water partition coefficient (Wildman–Crippen LogP) is 0.238. The molecule has 0 fully saturated rings. The monoisotopic (exact) mass is 187 g/mol. The fourth-order valence-electron chi connectivity index (χ4n) is 0.583. The zero-order valence-corrected chi connectivity index (χ0v) is 7.37. The molecule has 1 aromatic rings. The zero-order chi connectivity index (χ0) is 9.03. The Balaban J connectivity index is 2.78. The van der Waals surface area contributed by atoms with Crippen LogP contribution in [0.5, 0.6) is 0 Å². The molecule has 0 aliphatic carbocycles. The van der Waals surface area contributed by atoms with Gasteiger partial charge in [-0.1, -0.05) is 0 Å². The Hall–Kier alpha value is -1.17. The van der Waals surface area contributed by atoms with Crippen LogP contribution in [0.1, 0.15) is 6.92 Å². The van der Waals surface area contributed by atoms with Crippen molar-refractivity contribution in [2.24, 2.45) is 0 Å². The minimum absolute atomic E-state index is 0.0387. The average molecular weight is 187 g/mol. The van der Waals surface area contributed by atoms with E-state index in [9.17, 15) is 8.42 Å². The third-order valence-electron chi connectivity index (χ3n) is 1.22. The van der Waals surface area contributed by atoms with E-state index in [0.29, 0.717) is 5.82 Å². The summed E-state index contributed by atoms with van der Waals surface area (Å²) in [6, 6.07) is 1.49. The number of nitrogens with zero attached hydrogens (tertiary/aromatic N) is 2. The largest absolute Gasteiger partial charge is 0.267 e. The molecule has 0 aromatic carbocycles. The number of rotatable bonds is 3. The third kappa shape index (κ3) is 2.46. The molecule has 0 unspecified atom stereocenters. The summed E-state index contributed by atoms with van der Waals surface area (Å²) in [6.45, 7) is 1.56. The highest BCUT2D eigenvalue weighted by Gasteiger charge is 2.05. The number of sulfonamides is 1. The van der Waals surface area contributed by atoms with Crippen molar-refractivity contribution in [2.45, 2.75) is 6.92 Å². The zero-order valence-electron chi connectivity index (χ0n) is 6.56. The molecule has 66 valence electrons. The molecule has 0 atom stereocenters. The van der Waals surface area contributed by atoms with Gasteiger partial charge in [0.15, 0.2) is 0 Å². The average Bonchev–Trinajstić information content (AvgIpc) is 2.06. The SMILES string of the molecule is CCS(=O)(=O)Nc1ccncn1. The van der Waals surface area contributed by atoms with Crippen molar-refractivity contribution in [3.63, 3.8) is 0 Å². The summed E-state index contributed by atoms with van der Waals surface area (Å²) >= 11 is 0. The highest BCUT2D eigenvalue weighted by atomic mass is 32.2. The molecule has 0 bridgehead atoms. The summed E-state index contributed by atoms with van der Waals surface area (Å²) in [5, 5.41) is 0. The molecule has 0 saturated heterocycles. The molecule has 0 amide bonds. The highest BCUT2D eigenvalue weighted by Crippen LogP contribution is 2.01. The Morgan fingerprint density at radius 1 is 1.58 bits per heavy atom. The Labute approximate surface area is 70.9 Å². The summed E-state index contributed by atoms with van der Waals surface area (Å²) in [7, 11) is -3.21. The number of hydrogen-bond donors (Lipinski definition) is 1. The van der Waals surface area contributed by atoms with Gasteiger partial charge in [-0.3, -0.25) is 4.72 Å². The van der Waals surface area contributed by atoms with E-state index in [1.54, 1.807) is 6.92 Å². The van der Waals surface area contributed by atoms with E-state index in [4.69, 9.17) is 0 Å². The summed E-state index contributed by atoms with van der Waals surface area (Å²) in [5.41, 5.74) is 0. The van der Waals surface area contributed by atoms with Crippen LogP contribution < -0.4 is 4.72 Å². The lowest BCUT2D eigenvalue weighted by molar-refractivity contribution is 0.602. The number of nitrogens with one attached hydrogen (secondary N) is 1. The van der Waals surface area contributed by atoms with Gasteiger partial charge in [-0.25, -0.2) is 18.4 Å². The molecule has 1 rings (SSSR count). The maximum Gasteiger partial charge on any atom is 0.233 e. The molecule has 0 aliphatic heterocycles. The topological polar surface area (TPSA) is 72.0 Å². The third-order valence-corrected chi connectivity index (χ3v) is 2.50. The van der Waals surface area contributed by atoms with Crippen molar-refractivity contribution in [1.82, 2.24) is 9.97 Å². The van der Waals surface area contributed by atoms with Crippen molar-refractivity contribution in [2.75, 3.05) is 10.5 Å². The van der Waals surface area contributed by atoms with Gasteiger partial charge in [-0.15, -0.1) is 0 Å². The maximum atomic E-state index is 11.0.